The van der Waals surface area contributed by atoms with Crippen LogP contribution in [0.3, 0.4) is 0 Å². The van der Waals surface area contributed by atoms with E-state index in [1.807, 2.05) is 0 Å². The lowest BCUT2D eigenvalue weighted by atomic mass is 10.2. The van der Waals surface area contributed by atoms with Crippen LogP contribution in [0.2, 0.25) is 0 Å². The summed E-state index contributed by atoms with van der Waals surface area (Å²) >= 11 is 0. The Morgan fingerprint density at radius 3 is 2.70 bits per heavy atom. The first-order chi connectivity index (χ1) is 4.81. The summed E-state index contributed by atoms with van der Waals surface area (Å²) in [6.45, 7) is 2.06. The van der Waals surface area contributed by atoms with Gasteiger partial charge in [0, 0.05) is 6.42 Å². The second-order valence-electron chi connectivity index (χ2n) is 2.01. The first-order valence-electron chi connectivity index (χ1n) is 3.37. The van der Waals surface area contributed by atoms with Crippen LogP contribution in [0.25, 0.3) is 0 Å². The Morgan fingerprint density at radius 1 is 1.50 bits per heavy atom. The Kier molecular flexibility index (Phi) is 6.11. The summed E-state index contributed by atoms with van der Waals surface area (Å²) in [5, 5.41) is 0. The highest BCUT2D eigenvalue weighted by atomic mass is 17.3. The molecule has 0 aromatic carbocycles. The molecule has 0 rings (SSSR count). The summed E-state index contributed by atoms with van der Waals surface area (Å²) in [4.78, 5) is 18.2. The molecule has 0 unspecified atom stereocenters. The number of unbranched alkanes of at least 4 members (excludes halogenated alkanes) is 2. The molecule has 0 spiro atoms. The van der Waals surface area contributed by atoms with Crippen LogP contribution >= 0.6 is 0 Å². The molecule has 0 heterocycles. The zero-order chi connectivity index (χ0) is 7.82. The van der Waals surface area contributed by atoms with Gasteiger partial charge in [0.2, 0.25) is 0 Å². The van der Waals surface area contributed by atoms with E-state index in [0.29, 0.717) is 6.42 Å². The average molecular weight is 147 g/mol. The fraction of sp³-hybridized carbons (Fsp3) is 0.833. The first kappa shape index (κ1) is 9.39. The minimum absolute atomic E-state index is 0.380. The Balaban J connectivity index is 3.05. The lowest BCUT2D eigenvalue weighted by Crippen LogP contribution is -2.08. The molecule has 0 fully saturated rings. The molecule has 4 heteroatoms. The monoisotopic (exact) mass is 147 g/mol. The molecule has 2 N–H and O–H groups in total. The molecule has 0 aliphatic rings. The number of nitrogens with two attached hydrogens (primary N) is 1. The third kappa shape index (κ3) is 5.53. The number of hydrogen-bond acceptors (Lipinski definition) is 4. The van der Waals surface area contributed by atoms with Gasteiger partial charge in [0.1, 0.15) is 0 Å². The van der Waals surface area contributed by atoms with E-state index in [2.05, 4.69) is 22.7 Å². The minimum Gasteiger partial charge on any atom is -0.280 e. The largest absolute Gasteiger partial charge is 0.344 e. The van der Waals surface area contributed by atoms with E-state index in [1.54, 1.807) is 0 Å². The highest BCUT2D eigenvalue weighted by Crippen LogP contribution is 1.99. The van der Waals surface area contributed by atoms with Crippen LogP contribution in [-0.2, 0) is 14.7 Å². The second kappa shape index (κ2) is 6.51. The van der Waals surface area contributed by atoms with Crippen molar-refractivity contribution in [3.63, 3.8) is 0 Å². The van der Waals surface area contributed by atoms with Crippen LogP contribution in [0.5, 0.6) is 0 Å². The van der Waals surface area contributed by atoms with Gasteiger partial charge in [-0.1, -0.05) is 24.8 Å². The summed E-state index contributed by atoms with van der Waals surface area (Å²) < 4.78 is 0. The molecule has 0 aliphatic carbocycles. The zero-order valence-electron chi connectivity index (χ0n) is 6.13. The van der Waals surface area contributed by atoms with Gasteiger partial charge in [-0.05, 0) is 6.42 Å². The first-order valence-corrected chi connectivity index (χ1v) is 3.37. The third-order valence-corrected chi connectivity index (χ3v) is 1.13. The summed E-state index contributed by atoms with van der Waals surface area (Å²) in [6, 6.07) is 0. The fourth-order valence-electron chi connectivity index (χ4n) is 0.615. The number of carbonyl (C=O) groups is 1. The molecule has 0 radical (unpaired) electrons. The maximum absolute atomic E-state index is 10.5. The molecule has 0 bridgehead atoms. The quantitative estimate of drug-likeness (QED) is 0.357. The number of hydrogen-bond donors (Lipinski definition) is 1. The van der Waals surface area contributed by atoms with Crippen molar-refractivity contribution in [2.75, 3.05) is 0 Å². The molecule has 10 heavy (non-hydrogen) atoms. The summed E-state index contributed by atoms with van der Waals surface area (Å²) in [5.74, 6) is 4.08. The standard InChI is InChI=1S/C6H13NO3/c1-2-3-4-5-6(8)9-10-7/h2-5,7H2,1H3. The normalized spacial score (nSPS) is 9.40. The van der Waals surface area contributed by atoms with Gasteiger partial charge in [-0.3, -0.25) is 4.89 Å². The van der Waals surface area contributed by atoms with E-state index < -0.39 is 5.97 Å². The van der Waals surface area contributed by atoms with Crippen molar-refractivity contribution in [1.82, 2.24) is 0 Å². The SMILES string of the molecule is CCCCCC(=O)OON. The van der Waals surface area contributed by atoms with Crippen LogP contribution in [0.15, 0.2) is 0 Å². The maximum Gasteiger partial charge on any atom is 0.344 e. The van der Waals surface area contributed by atoms with E-state index in [-0.39, 0.29) is 0 Å². The molecule has 0 aromatic rings. The average Bonchev–Trinajstić information content (AvgIpc) is 1.89. The summed E-state index contributed by atoms with van der Waals surface area (Å²) in [5.41, 5.74) is 0. The van der Waals surface area contributed by atoms with Crippen LogP contribution in [0.1, 0.15) is 32.6 Å². The van der Waals surface area contributed by atoms with Crippen molar-refractivity contribution in [2.45, 2.75) is 32.6 Å². The van der Waals surface area contributed by atoms with Gasteiger partial charge in [-0.2, -0.15) is 5.90 Å². The Hall–Kier alpha value is -0.610. The fourth-order valence-corrected chi connectivity index (χ4v) is 0.615. The van der Waals surface area contributed by atoms with E-state index in [0.717, 1.165) is 19.3 Å². The van der Waals surface area contributed by atoms with Crippen molar-refractivity contribution in [2.24, 2.45) is 5.90 Å². The summed E-state index contributed by atoms with van der Waals surface area (Å²) in [6.07, 6.45) is 3.32. The minimum atomic E-state index is -0.407. The molecule has 0 amide bonds. The molecule has 0 saturated carbocycles. The molecule has 60 valence electrons. The zero-order valence-corrected chi connectivity index (χ0v) is 6.13. The molecule has 0 aliphatic heterocycles. The van der Waals surface area contributed by atoms with Gasteiger partial charge in [-0.15, -0.1) is 0 Å². The second-order valence-corrected chi connectivity index (χ2v) is 2.01. The van der Waals surface area contributed by atoms with Crippen LogP contribution in [0, 0.1) is 0 Å². The van der Waals surface area contributed by atoms with E-state index in [4.69, 9.17) is 0 Å². The van der Waals surface area contributed by atoms with Crippen molar-refractivity contribution >= 4 is 5.97 Å². The van der Waals surface area contributed by atoms with Crippen LogP contribution in [-0.4, -0.2) is 5.97 Å². The molecular weight excluding hydrogens is 134 g/mol. The lowest BCUT2D eigenvalue weighted by molar-refractivity contribution is -0.276. The Bertz CT molecular complexity index is 95.0. The van der Waals surface area contributed by atoms with E-state index in [1.165, 1.54) is 0 Å². The van der Waals surface area contributed by atoms with Crippen molar-refractivity contribution in [3.05, 3.63) is 0 Å². The van der Waals surface area contributed by atoms with Gasteiger partial charge in [-0.25, -0.2) is 4.79 Å². The molecule has 0 atom stereocenters. The number of carbonyl (C=O) groups excluding carboxylic acids is 1. The molecule has 0 saturated heterocycles. The Morgan fingerprint density at radius 2 is 2.20 bits per heavy atom. The smallest absolute Gasteiger partial charge is 0.280 e. The van der Waals surface area contributed by atoms with Gasteiger partial charge >= 0.3 is 5.97 Å². The highest BCUT2D eigenvalue weighted by molar-refractivity contribution is 5.68. The molecular formula is C6H13NO3. The molecule has 0 aromatic heterocycles. The highest BCUT2D eigenvalue weighted by Gasteiger charge is 2.00. The predicted molar refractivity (Wildman–Crippen MR) is 35.5 cm³/mol. The van der Waals surface area contributed by atoms with Crippen LogP contribution < -0.4 is 5.90 Å². The molecule has 4 nitrogen and oxygen atoms in total. The predicted octanol–water partition coefficient (Wildman–Crippen LogP) is 0.915. The van der Waals surface area contributed by atoms with Gasteiger partial charge in [0.05, 0.1) is 0 Å². The summed E-state index contributed by atoms with van der Waals surface area (Å²) in [7, 11) is 0. The van der Waals surface area contributed by atoms with Crippen molar-refractivity contribution < 1.29 is 14.7 Å². The Labute approximate surface area is 60.2 Å². The van der Waals surface area contributed by atoms with Crippen LogP contribution in [0.4, 0.5) is 0 Å². The van der Waals surface area contributed by atoms with Crippen molar-refractivity contribution in [3.8, 4) is 0 Å². The van der Waals surface area contributed by atoms with Gasteiger partial charge in [0.25, 0.3) is 0 Å². The van der Waals surface area contributed by atoms with E-state index >= 15 is 0 Å². The van der Waals surface area contributed by atoms with Gasteiger partial charge < -0.3 is 0 Å². The number of rotatable bonds is 5. The maximum atomic E-state index is 10.5. The van der Waals surface area contributed by atoms with Gasteiger partial charge in [0.15, 0.2) is 0 Å². The third-order valence-electron chi connectivity index (χ3n) is 1.13. The van der Waals surface area contributed by atoms with E-state index in [9.17, 15) is 4.79 Å². The van der Waals surface area contributed by atoms with Crippen molar-refractivity contribution in [1.29, 1.82) is 0 Å². The topological polar surface area (TPSA) is 61.5 Å². The lowest BCUT2D eigenvalue weighted by Gasteiger charge is -1.96.